The highest BCUT2D eigenvalue weighted by molar-refractivity contribution is 5.87. The number of hydrogen-bond acceptors (Lipinski definition) is 7. The minimum atomic E-state index is 0.0257. The van der Waals surface area contributed by atoms with E-state index in [1.165, 1.54) is 0 Å². The van der Waals surface area contributed by atoms with Crippen LogP contribution in [0.5, 0.6) is 5.75 Å². The summed E-state index contributed by atoms with van der Waals surface area (Å²) in [6.45, 7) is 4.04. The zero-order valence-corrected chi connectivity index (χ0v) is 15.0. The van der Waals surface area contributed by atoms with Crippen molar-refractivity contribution in [2.24, 2.45) is 0 Å². The molecule has 0 spiro atoms. The van der Waals surface area contributed by atoms with Crippen LogP contribution in [0.2, 0.25) is 0 Å². The monoisotopic (exact) mass is 370 g/mol. The Labute approximate surface area is 162 Å². The number of nitrogens with zero attached hydrogens (tertiary/aromatic N) is 4. The molecule has 3 aromatic rings. The Morgan fingerprint density at radius 1 is 1.11 bits per heavy atom. The molecule has 0 bridgehead atoms. The fourth-order valence-corrected chi connectivity index (χ4v) is 2.35. The fourth-order valence-electron chi connectivity index (χ4n) is 2.35. The summed E-state index contributed by atoms with van der Waals surface area (Å²) < 4.78 is 5.45. The van der Waals surface area contributed by atoms with Gasteiger partial charge in [-0.1, -0.05) is 43.0 Å². The molecule has 0 amide bonds. The molecule has 0 aliphatic heterocycles. The van der Waals surface area contributed by atoms with Crippen LogP contribution in [0, 0.1) is 11.3 Å². The summed E-state index contributed by atoms with van der Waals surface area (Å²) >= 11 is 0. The highest BCUT2D eigenvalue weighted by Crippen LogP contribution is 2.20. The summed E-state index contributed by atoms with van der Waals surface area (Å²) in [4.78, 5) is 12.5. The maximum Gasteiger partial charge on any atom is 0.232 e. The molecule has 0 saturated heterocycles. The third-order valence-electron chi connectivity index (χ3n) is 3.60. The lowest BCUT2D eigenvalue weighted by Crippen LogP contribution is -2.06. The summed E-state index contributed by atoms with van der Waals surface area (Å²) in [5.74, 6) is 1.20. The highest BCUT2D eigenvalue weighted by Gasteiger charge is 2.10. The van der Waals surface area contributed by atoms with E-state index in [1.54, 1.807) is 12.2 Å². The summed E-state index contributed by atoms with van der Waals surface area (Å²) in [6.07, 6.45) is 3.35. The third kappa shape index (κ3) is 4.93. The Hall–Kier alpha value is -4.18. The second-order valence-electron chi connectivity index (χ2n) is 5.67. The van der Waals surface area contributed by atoms with Gasteiger partial charge in [0.15, 0.2) is 5.82 Å². The summed E-state index contributed by atoms with van der Waals surface area (Å²) in [5.41, 5.74) is 7.68. The number of rotatable bonds is 7. The number of benzene rings is 2. The molecule has 3 N–H and O–H groups in total. The number of aromatic nitrogens is 3. The molecule has 0 aliphatic rings. The number of ether oxygens (including phenoxy) is 1. The largest absolute Gasteiger partial charge is 0.490 e. The van der Waals surface area contributed by atoms with E-state index >= 15 is 0 Å². The number of para-hydroxylation sites is 1. The molecule has 1 heterocycles. The Bertz CT molecular complexity index is 1020. The van der Waals surface area contributed by atoms with E-state index in [1.807, 2.05) is 54.6 Å². The zero-order chi connectivity index (χ0) is 19.8. The average molecular weight is 370 g/mol. The van der Waals surface area contributed by atoms with Crippen molar-refractivity contribution in [1.29, 1.82) is 5.26 Å². The maximum atomic E-state index is 9.57. The first-order valence-corrected chi connectivity index (χ1v) is 8.47. The molecule has 3 rings (SSSR count). The topological polar surface area (TPSA) is 110 Å². The number of nitrogens with one attached hydrogen (secondary N) is 1. The summed E-state index contributed by atoms with van der Waals surface area (Å²) in [7, 11) is 0. The molecule has 7 heteroatoms. The number of allylic oxidation sites excluding steroid dienone is 1. The Kier molecular flexibility index (Phi) is 5.95. The normalized spacial score (nSPS) is 10.8. The molecule has 7 nitrogen and oxygen atoms in total. The zero-order valence-electron chi connectivity index (χ0n) is 15.0. The van der Waals surface area contributed by atoms with Crippen LogP contribution in [0.4, 0.5) is 17.6 Å². The molecule has 0 saturated carbocycles. The van der Waals surface area contributed by atoms with Gasteiger partial charge in [0.2, 0.25) is 11.9 Å². The molecule has 2 aromatic carbocycles. The Morgan fingerprint density at radius 3 is 2.54 bits per heavy atom. The lowest BCUT2D eigenvalue weighted by molar-refractivity contribution is 0.363. The number of nitrogen functional groups attached to an aromatic ring is 1. The second-order valence-corrected chi connectivity index (χ2v) is 5.67. The summed E-state index contributed by atoms with van der Waals surface area (Å²) in [5, 5.41) is 12.6. The quantitative estimate of drug-likeness (QED) is 0.480. The molecule has 0 fully saturated rings. The van der Waals surface area contributed by atoms with Gasteiger partial charge < -0.3 is 15.8 Å². The van der Waals surface area contributed by atoms with E-state index < -0.39 is 0 Å². The van der Waals surface area contributed by atoms with Gasteiger partial charge in [-0.25, -0.2) is 0 Å². The van der Waals surface area contributed by atoms with Crippen LogP contribution in [0.1, 0.15) is 11.4 Å². The maximum absolute atomic E-state index is 9.57. The van der Waals surface area contributed by atoms with Gasteiger partial charge in [-0.15, -0.1) is 0 Å². The van der Waals surface area contributed by atoms with E-state index in [9.17, 15) is 5.26 Å². The smallest absolute Gasteiger partial charge is 0.232 e. The van der Waals surface area contributed by atoms with E-state index in [0.29, 0.717) is 12.4 Å². The molecule has 0 radical (unpaired) electrons. The highest BCUT2D eigenvalue weighted by atomic mass is 16.5. The minimum Gasteiger partial charge on any atom is -0.490 e. The number of nitrogens with two attached hydrogens (primary N) is 1. The van der Waals surface area contributed by atoms with Crippen LogP contribution in [0.25, 0.3) is 11.6 Å². The van der Waals surface area contributed by atoms with E-state index in [4.69, 9.17) is 10.5 Å². The van der Waals surface area contributed by atoms with Gasteiger partial charge in [0, 0.05) is 5.69 Å². The minimum absolute atomic E-state index is 0.0257. The van der Waals surface area contributed by atoms with Gasteiger partial charge in [0.25, 0.3) is 0 Å². The molecular formula is C21H18N6O. The van der Waals surface area contributed by atoms with Crippen molar-refractivity contribution in [3.05, 3.63) is 78.6 Å². The van der Waals surface area contributed by atoms with Gasteiger partial charge in [-0.2, -0.15) is 20.2 Å². The summed E-state index contributed by atoms with van der Waals surface area (Å²) in [6, 6.07) is 18.8. The molecule has 0 aliphatic carbocycles. The van der Waals surface area contributed by atoms with Crippen molar-refractivity contribution >= 4 is 29.2 Å². The molecule has 0 atom stereocenters. The number of anilines is 3. The Balaban J connectivity index is 1.86. The van der Waals surface area contributed by atoms with Gasteiger partial charge in [-0.3, -0.25) is 0 Å². The van der Waals surface area contributed by atoms with Crippen LogP contribution in [-0.2, 0) is 0 Å². The lowest BCUT2D eigenvalue weighted by Gasteiger charge is -2.07. The fraction of sp³-hybridized carbons (Fsp3) is 0.0476. The van der Waals surface area contributed by atoms with Crippen LogP contribution in [0.15, 0.2) is 67.3 Å². The van der Waals surface area contributed by atoms with Gasteiger partial charge in [-0.05, 0) is 35.9 Å². The molecule has 28 heavy (non-hydrogen) atoms. The first-order chi connectivity index (χ1) is 13.7. The molecular weight excluding hydrogens is 352 g/mol. The predicted molar refractivity (Wildman–Crippen MR) is 110 cm³/mol. The first kappa shape index (κ1) is 18.6. The van der Waals surface area contributed by atoms with Gasteiger partial charge in [0.1, 0.15) is 18.4 Å². The average Bonchev–Trinajstić information content (AvgIpc) is 2.71. The lowest BCUT2D eigenvalue weighted by atomic mass is 10.1. The first-order valence-electron chi connectivity index (χ1n) is 8.47. The van der Waals surface area contributed by atoms with Gasteiger partial charge in [0.05, 0.1) is 5.57 Å². The third-order valence-corrected chi connectivity index (χ3v) is 3.60. The number of nitriles is 1. The van der Waals surface area contributed by atoms with Gasteiger partial charge >= 0.3 is 0 Å². The Morgan fingerprint density at radius 2 is 1.86 bits per heavy atom. The van der Waals surface area contributed by atoms with Crippen LogP contribution < -0.4 is 15.8 Å². The molecule has 138 valence electrons. The predicted octanol–water partition coefficient (Wildman–Crippen LogP) is 3.83. The van der Waals surface area contributed by atoms with Crippen molar-refractivity contribution in [2.75, 3.05) is 17.7 Å². The second kappa shape index (κ2) is 8.96. The van der Waals surface area contributed by atoms with Crippen LogP contribution >= 0.6 is 0 Å². The SMILES string of the molecule is C=CCOc1ccc(/C=C(\C#N)c2nc(N)nc(Nc3ccccc3)n2)cc1. The van der Waals surface area contributed by atoms with Crippen molar-refractivity contribution in [1.82, 2.24) is 15.0 Å². The van der Waals surface area contributed by atoms with Crippen molar-refractivity contribution in [2.45, 2.75) is 0 Å². The van der Waals surface area contributed by atoms with E-state index in [-0.39, 0.29) is 23.3 Å². The van der Waals surface area contributed by atoms with Crippen molar-refractivity contribution in [3.63, 3.8) is 0 Å². The van der Waals surface area contributed by atoms with E-state index in [0.717, 1.165) is 11.3 Å². The standard InChI is InChI=1S/C21H18N6O/c1-2-12-28-18-10-8-15(9-11-18)13-16(14-22)19-25-20(23)27-21(26-19)24-17-6-4-3-5-7-17/h2-11,13H,1,12H2,(H3,23,24,25,26,27)/b16-13+. The molecule has 0 unspecified atom stereocenters. The number of hydrogen-bond donors (Lipinski definition) is 2. The van der Waals surface area contributed by atoms with Crippen LogP contribution in [0.3, 0.4) is 0 Å². The van der Waals surface area contributed by atoms with Crippen LogP contribution in [-0.4, -0.2) is 21.6 Å². The molecule has 1 aromatic heterocycles. The van der Waals surface area contributed by atoms with Crippen molar-refractivity contribution < 1.29 is 4.74 Å². The van der Waals surface area contributed by atoms with Crippen molar-refractivity contribution in [3.8, 4) is 11.8 Å². The van der Waals surface area contributed by atoms with E-state index in [2.05, 4.69) is 32.9 Å².